The molecule has 6 nitrogen and oxygen atoms in total. The van der Waals surface area contributed by atoms with Gasteiger partial charge in [0.25, 0.3) is 5.91 Å². The molecule has 0 aromatic heterocycles. The number of methoxy groups -OCH3 is 1. The van der Waals surface area contributed by atoms with Crippen LogP contribution in [0.5, 0.6) is 5.75 Å². The molecule has 2 N–H and O–H groups in total. The first-order valence-corrected chi connectivity index (χ1v) is 10.6. The lowest BCUT2D eigenvalue weighted by atomic mass is 9.48. The summed E-state index contributed by atoms with van der Waals surface area (Å²) in [6, 6.07) is 3.36. The van der Waals surface area contributed by atoms with E-state index in [4.69, 9.17) is 21.1 Å². The molecule has 29 heavy (non-hydrogen) atoms. The smallest absolute Gasteiger partial charge is 0.312 e. The molecule has 0 saturated heterocycles. The number of aryl methyl sites for hydroxylation is 1. The van der Waals surface area contributed by atoms with E-state index in [1.807, 2.05) is 6.92 Å². The third-order valence-corrected chi connectivity index (χ3v) is 7.26. The van der Waals surface area contributed by atoms with Crippen LogP contribution in [0.25, 0.3) is 0 Å². The molecule has 4 aliphatic rings. The first-order valence-electron chi connectivity index (χ1n) is 10.2. The minimum absolute atomic E-state index is 0.355. The van der Waals surface area contributed by atoms with Crippen molar-refractivity contribution in [1.29, 1.82) is 0 Å². The molecule has 4 saturated carbocycles. The van der Waals surface area contributed by atoms with E-state index in [-0.39, 0.29) is 5.97 Å². The molecular weight excluding hydrogens is 394 g/mol. The van der Waals surface area contributed by atoms with Crippen molar-refractivity contribution in [3.8, 4) is 5.75 Å². The van der Waals surface area contributed by atoms with Gasteiger partial charge in [0, 0.05) is 11.1 Å². The first-order chi connectivity index (χ1) is 13.6. The molecule has 1 aromatic carbocycles. The molecular formula is C22H28ClNO5. The van der Waals surface area contributed by atoms with Gasteiger partial charge in [-0.1, -0.05) is 11.6 Å². The largest absolute Gasteiger partial charge is 0.495 e. The average molecular weight is 422 g/mol. The lowest BCUT2D eigenvalue weighted by molar-refractivity contribution is -0.199. The molecule has 5 atom stereocenters. The van der Waals surface area contributed by atoms with Crippen molar-refractivity contribution in [2.75, 3.05) is 12.4 Å². The number of esters is 1. The highest BCUT2D eigenvalue weighted by Crippen LogP contribution is 2.62. The maximum Gasteiger partial charge on any atom is 0.312 e. The van der Waals surface area contributed by atoms with Gasteiger partial charge in [0.15, 0.2) is 6.10 Å². The van der Waals surface area contributed by atoms with Gasteiger partial charge in [-0.3, -0.25) is 9.59 Å². The van der Waals surface area contributed by atoms with Crippen LogP contribution in [-0.2, 0) is 14.3 Å². The predicted molar refractivity (Wildman–Crippen MR) is 109 cm³/mol. The Morgan fingerprint density at radius 2 is 1.90 bits per heavy atom. The molecule has 0 aliphatic heterocycles. The van der Waals surface area contributed by atoms with Crippen LogP contribution in [0.2, 0.25) is 5.02 Å². The van der Waals surface area contributed by atoms with Crippen molar-refractivity contribution in [1.82, 2.24) is 0 Å². The van der Waals surface area contributed by atoms with Gasteiger partial charge in [-0.25, -0.2) is 0 Å². The maximum atomic E-state index is 13.1. The third-order valence-electron chi connectivity index (χ3n) is 6.85. The number of amides is 1. The number of aliphatic hydroxyl groups is 1. The lowest BCUT2D eigenvalue weighted by Crippen LogP contribution is -2.59. The van der Waals surface area contributed by atoms with Crippen molar-refractivity contribution in [2.45, 2.75) is 64.1 Å². The van der Waals surface area contributed by atoms with Crippen molar-refractivity contribution >= 4 is 29.2 Å². The zero-order valence-corrected chi connectivity index (χ0v) is 17.8. The van der Waals surface area contributed by atoms with E-state index in [1.54, 1.807) is 19.1 Å². The van der Waals surface area contributed by atoms with Crippen LogP contribution in [0, 0.1) is 24.2 Å². The van der Waals surface area contributed by atoms with Crippen LogP contribution in [0.4, 0.5) is 5.69 Å². The van der Waals surface area contributed by atoms with Gasteiger partial charge >= 0.3 is 5.97 Å². The molecule has 2 unspecified atom stereocenters. The number of ether oxygens (including phenoxy) is 2. The summed E-state index contributed by atoms with van der Waals surface area (Å²) < 4.78 is 10.9. The fourth-order valence-corrected chi connectivity index (χ4v) is 6.11. The Labute approximate surface area is 175 Å². The van der Waals surface area contributed by atoms with Gasteiger partial charge in [0.2, 0.25) is 0 Å². The molecule has 1 aromatic rings. The van der Waals surface area contributed by atoms with Crippen LogP contribution in [0.3, 0.4) is 0 Å². The predicted octanol–water partition coefficient (Wildman–Crippen LogP) is 3.86. The number of hydrogen-bond acceptors (Lipinski definition) is 5. The standard InChI is InChI=1S/C22H28ClNO5/c1-12-4-17(18(28-3)6-16(12)23)24-19(25)13(2)29-20(26)21-7-14-5-15(8-21)10-22(27,9-14)11-21/h4,6,13-15,27H,5,7-11H2,1-3H3,(H,24,25)/t13-,14-,15+,21?,22?/m0/s1. The number of anilines is 1. The van der Waals surface area contributed by atoms with E-state index in [2.05, 4.69) is 5.32 Å². The fraction of sp³-hybridized carbons (Fsp3) is 0.636. The summed E-state index contributed by atoms with van der Waals surface area (Å²) in [4.78, 5) is 25.7. The van der Waals surface area contributed by atoms with E-state index in [9.17, 15) is 14.7 Å². The number of nitrogens with one attached hydrogen (secondary N) is 1. The molecule has 7 heteroatoms. The number of carbonyl (C=O) groups excluding carboxylic acids is 2. The molecule has 4 aliphatic carbocycles. The first kappa shape index (κ1) is 20.5. The minimum atomic E-state index is -0.953. The Morgan fingerprint density at radius 3 is 2.48 bits per heavy atom. The molecule has 4 bridgehead atoms. The normalized spacial score (nSPS) is 33.3. The van der Waals surface area contributed by atoms with Crippen LogP contribution in [0.15, 0.2) is 12.1 Å². The van der Waals surface area contributed by atoms with E-state index in [0.29, 0.717) is 34.7 Å². The van der Waals surface area contributed by atoms with Gasteiger partial charge in [0.05, 0.1) is 23.8 Å². The van der Waals surface area contributed by atoms with Crippen LogP contribution in [-0.4, -0.2) is 35.8 Å². The van der Waals surface area contributed by atoms with Crippen LogP contribution >= 0.6 is 11.6 Å². The Bertz CT molecular complexity index is 840. The SMILES string of the molecule is COc1cc(Cl)c(C)cc1NC(=O)[C@H](C)OC(=O)C12C[C@@H]3C[C@@H](CC(O)(C3)C1)C2. The number of carbonyl (C=O) groups is 2. The lowest BCUT2D eigenvalue weighted by Gasteiger charge is -2.58. The van der Waals surface area contributed by atoms with Crippen molar-refractivity contribution in [3.63, 3.8) is 0 Å². The summed E-state index contributed by atoms with van der Waals surface area (Å²) in [6.07, 6.45) is 3.65. The summed E-state index contributed by atoms with van der Waals surface area (Å²) in [5.41, 5.74) is -0.120. The zero-order valence-electron chi connectivity index (χ0n) is 17.1. The van der Waals surface area contributed by atoms with Gasteiger partial charge in [-0.2, -0.15) is 0 Å². The average Bonchev–Trinajstić information content (AvgIpc) is 2.62. The highest BCUT2D eigenvalue weighted by Gasteiger charge is 2.61. The van der Waals surface area contributed by atoms with Crippen molar-refractivity contribution in [3.05, 3.63) is 22.7 Å². The molecule has 1 amide bonds. The second-order valence-corrected chi connectivity index (χ2v) is 9.71. The summed E-state index contributed by atoms with van der Waals surface area (Å²) in [5.74, 6) is 0.406. The van der Waals surface area contributed by atoms with Gasteiger partial charge < -0.3 is 19.9 Å². The van der Waals surface area contributed by atoms with Gasteiger partial charge in [0.1, 0.15) is 5.75 Å². The van der Waals surface area contributed by atoms with E-state index in [1.165, 1.54) is 7.11 Å². The van der Waals surface area contributed by atoms with Crippen molar-refractivity contribution in [2.24, 2.45) is 17.3 Å². The van der Waals surface area contributed by atoms with Crippen molar-refractivity contribution < 1.29 is 24.2 Å². The monoisotopic (exact) mass is 421 g/mol. The minimum Gasteiger partial charge on any atom is -0.495 e. The Morgan fingerprint density at radius 1 is 1.24 bits per heavy atom. The number of benzene rings is 1. The molecule has 4 fully saturated rings. The van der Waals surface area contributed by atoms with Crippen LogP contribution < -0.4 is 10.1 Å². The number of rotatable bonds is 5. The summed E-state index contributed by atoms with van der Waals surface area (Å²) in [5, 5.41) is 14.2. The third kappa shape index (κ3) is 3.73. The second kappa shape index (κ2) is 7.17. The van der Waals surface area contributed by atoms with Gasteiger partial charge in [-0.15, -0.1) is 0 Å². The molecule has 0 spiro atoms. The van der Waals surface area contributed by atoms with E-state index in [0.717, 1.165) is 37.7 Å². The topological polar surface area (TPSA) is 84.9 Å². The molecule has 5 rings (SSSR count). The fourth-order valence-electron chi connectivity index (χ4n) is 5.96. The van der Waals surface area contributed by atoms with Crippen LogP contribution in [0.1, 0.15) is 51.0 Å². The Hall–Kier alpha value is -1.79. The summed E-state index contributed by atoms with van der Waals surface area (Å²) >= 11 is 6.11. The molecule has 0 heterocycles. The van der Waals surface area contributed by atoms with E-state index >= 15 is 0 Å². The van der Waals surface area contributed by atoms with Gasteiger partial charge in [-0.05, 0) is 75.8 Å². The molecule has 0 radical (unpaired) electrons. The second-order valence-electron chi connectivity index (χ2n) is 9.30. The maximum absolute atomic E-state index is 13.1. The summed E-state index contributed by atoms with van der Waals surface area (Å²) in [6.45, 7) is 3.40. The highest BCUT2D eigenvalue weighted by atomic mass is 35.5. The zero-order chi connectivity index (χ0) is 21.0. The Kier molecular flexibility index (Phi) is 5.06. The number of halogens is 1. The highest BCUT2D eigenvalue weighted by molar-refractivity contribution is 6.31. The van der Waals surface area contributed by atoms with E-state index < -0.39 is 23.0 Å². The summed E-state index contributed by atoms with van der Waals surface area (Å²) in [7, 11) is 1.50. The molecule has 158 valence electrons. The number of hydrogen-bond donors (Lipinski definition) is 2. The Balaban J connectivity index is 1.44. The quantitative estimate of drug-likeness (QED) is 0.705.